The van der Waals surface area contributed by atoms with E-state index in [1.165, 1.54) is 22.5 Å². The minimum Gasteiger partial charge on any atom is -0.487 e. The quantitative estimate of drug-likeness (QED) is 0.129. The maximum absolute atomic E-state index is 14.1. The van der Waals surface area contributed by atoms with Gasteiger partial charge in [-0.25, -0.2) is 13.4 Å². The van der Waals surface area contributed by atoms with Crippen molar-refractivity contribution in [3.63, 3.8) is 0 Å². The number of amidine groups is 1. The molecular formula is C37H38Cl2N6O5S. The second kappa shape index (κ2) is 15.0. The number of aryl methyl sites for hydroxylation is 2. The lowest BCUT2D eigenvalue weighted by Gasteiger charge is -2.36. The van der Waals surface area contributed by atoms with Crippen LogP contribution in [0.25, 0.3) is 17.0 Å². The Labute approximate surface area is 307 Å². The first-order valence-corrected chi connectivity index (χ1v) is 18.7. The zero-order valence-corrected chi connectivity index (χ0v) is 30.6. The summed E-state index contributed by atoms with van der Waals surface area (Å²) in [5.74, 6) is -0.00542. The maximum Gasteiger partial charge on any atom is 0.246 e. The van der Waals surface area contributed by atoms with Gasteiger partial charge in [-0.3, -0.25) is 15.0 Å². The summed E-state index contributed by atoms with van der Waals surface area (Å²) in [5, 5.41) is 8.64. The number of piperazine rings is 1. The lowest BCUT2D eigenvalue weighted by atomic mass is 10.1. The zero-order chi connectivity index (χ0) is 36.4. The number of halogens is 2. The fraction of sp³-hybridized carbons (Fsp3) is 0.297. The van der Waals surface area contributed by atoms with E-state index >= 15 is 0 Å². The van der Waals surface area contributed by atoms with Crippen molar-refractivity contribution in [3.8, 4) is 5.75 Å². The van der Waals surface area contributed by atoms with Gasteiger partial charge in [-0.1, -0.05) is 59.6 Å². The molecule has 0 saturated carbocycles. The van der Waals surface area contributed by atoms with Crippen LogP contribution in [0.15, 0.2) is 71.6 Å². The number of ether oxygens (including phenoxy) is 1. The lowest BCUT2D eigenvalue weighted by Crippen LogP contribution is -2.55. The predicted molar refractivity (Wildman–Crippen MR) is 199 cm³/mol. The van der Waals surface area contributed by atoms with Gasteiger partial charge >= 0.3 is 0 Å². The number of nitrogens with zero attached hydrogens (tertiary/aromatic N) is 4. The molecule has 0 radical (unpaired) electrons. The maximum atomic E-state index is 14.1. The molecule has 14 heteroatoms. The minimum absolute atomic E-state index is 0.0305. The third-order valence-corrected chi connectivity index (χ3v) is 12.1. The highest BCUT2D eigenvalue weighted by molar-refractivity contribution is 7.89. The summed E-state index contributed by atoms with van der Waals surface area (Å²) in [7, 11) is -4.20. The number of sulfonamides is 1. The number of amides is 2. The molecule has 3 N–H and O–H groups in total. The number of nitrogens with one attached hydrogen (secondary N) is 1. The van der Waals surface area contributed by atoms with Crippen LogP contribution >= 0.6 is 23.2 Å². The Hall–Kier alpha value is -4.49. The summed E-state index contributed by atoms with van der Waals surface area (Å²) in [6, 6.07) is 16.5. The second-order valence-electron chi connectivity index (χ2n) is 12.7. The predicted octanol–water partition coefficient (Wildman–Crippen LogP) is 5.56. The van der Waals surface area contributed by atoms with Gasteiger partial charge in [-0.15, -0.1) is 0 Å². The molecule has 11 nitrogen and oxygen atoms in total. The highest BCUT2D eigenvalue weighted by Gasteiger charge is 2.43. The van der Waals surface area contributed by atoms with Gasteiger partial charge in [-0.05, 0) is 68.2 Å². The normalized spacial score (nSPS) is 17.0. The van der Waals surface area contributed by atoms with Crippen LogP contribution in [0.3, 0.4) is 0 Å². The molecule has 0 bridgehead atoms. The van der Waals surface area contributed by atoms with Gasteiger partial charge in [0.15, 0.2) is 0 Å². The van der Waals surface area contributed by atoms with Gasteiger partial charge in [0.25, 0.3) is 0 Å². The Kier molecular flexibility index (Phi) is 10.7. The third kappa shape index (κ3) is 7.59. The standard InChI is InChI=1S/C37H38Cl2N6O5S/c1-23-21-24(2)42-35-27(23)5-3-7-31(35)50-22-28-29(38)13-14-32(34(28)39)51(48,49)45-16-4-6-30(45)37(47)44-19-17-43(18-20-44)33(46)15-10-25-8-11-26(12-9-25)36(40)41/h3,5,7-15,21,30H,4,6,16-20,22H2,1-2H3,(H3,40,41)/b15-10+/t30-/m0/s1. The van der Waals surface area contributed by atoms with E-state index in [2.05, 4.69) is 4.98 Å². The number of para-hydroxylation sites is 1. The first-order chi connectivity index (χ1) is 24.3. The van der Waals surface area contributed by atoms with Gasteiger partial charge in [0.2, 0.25) is 21.8 Å². The number of nitrogen functional groups attached to an aromatic ring is 1. The smallest absolute Gasteiger partial charge is 0.246 e. The molecular weight excluding hydrogens is 711 g/mol. The molecule has 51 heavy (non-hydrogen) atoms. The Balaban J connectivity index is 1.12. The largest absolute Gasteiger partial charge is 0.487 e. The molecule has 2 saturated heterocycles. The number of fused-ring (bicyclic) bond motifs is 1. The van der Waals surface area contributed by atoms with E-state index in [0.717, 1.165) is 22.2 Å². The fourth-order valence-electron chi connectivity index (χ4n) is 6.54. The van der Waals surface area contributed by atoms with Crippen LogP contribution in [0.5, 0.6) is 5.75 Å². The summed E-state index contributed by atoms with van der Waals surface area (Å²) in [6.07, 6.45) is 4.05. The van der Waals surface area contributed by atoms with Crippen LogP contribution in [0.2, 0.25) is 10.0 Å². The van der Waals surface area contributed by atoms with E-state index in [4.69, 9.17) is 39.1 Å². The van der Waals surface area contributed by atoms with Crippen LogP contribution in [-0.4, -0.2) is 83.9 Å². The molecule has 1 aromatic heterocycles. The third-order valence-electron chi connectivity index (χ3n) is 9.28. The first kappa shape index (κ1) is 36.3. The Morgan fingerprint density at radius 2 is 1.71 bits per heavy atom. The lowest BCUT2D eigenvalue weighted by molar-refractivity contribution is -0.139. The molecule has 1 atom stereocenters. The number of carbonyl (C=O) groups is 2. The molecule has 2 aliphatic rings. The van der Waals surface area contributed by atoms with Gasteiger partial charge in [0, 0.05) is 66.0 Å². The Morgan fingerprint density at radius 1 is 1.00 bits per heavy atom. The number of rotatable bonds is 9. The average Bonchev–Trinajstić information content (AvgIpc) is 3.62. The Morgan fingerprint density at radius 3 is 2.41 bits per heavy atom. The van der Waals surface area contributed by atoms with Crippen molar-refractivity contribution < 1.29 is 22.7 Å². The van der Waals surface area contributed by atoms with Crippen molar-refractivity contribution in [1.29, 1.82) is 5.41 Å². The topological polar surface area (TPSA) is 150 Å². The van der Waals surface area contributed by atoms with E-state index in [1.54, 1.807) is 46.2 Å². The van der Waals surface area contributed by atoms with Crippen LogP contribution in [0, 0.1) is 19.3 Å². The summed E-state index contributed by atoms with van der Waals surface area (Å²) in [4.78, 5) is 34.4. The van der Waals surface area contributed by atoms with Gasteiger partial charge in [0.1, 0.15) is 34.6 Å². The van der Waals surface area contributed by atoms with Crippen molar-refractivity contribution in [2.45, 2.75) is 44.2 Å². The highest BCUT2D eigenvalue weighted by Crippen LogP contribution is 2.37. The first-order valence-electron chi connectivity index (χ1n) is 16.5. The van der Waals surface area contributed by atoms with Gasteiger partial charge in [0.05, 0.1) is 5.02 Å². The number of hydrogen-bond donors (Lipinski definition) is 2. The highest BCUT2D eigenvalue weighted by atomic mass is 35.5. The number of hydrogen-bond acceptors (Lipinski definition) is 7. The molecule has 2 aliphatic heterocycles. The summed E-state index contributed by atoms with van der Waals surface area (Å²) < 4.78 is 35.6. The van der Waals surface area contributed by atoms with Crippen LogP contribution < -0.4 is 10.5 Å². The monoisotopic (exact) mass is 748 g/mol. The van der Waals surface area contributed by atoms with Crippen molar-refractivity contribution in [3.05, 3.63) is 105 Å². The minimum atomic E-state index is -4.20. The SMILES string of the molecule is Cc1cc(C)c2cccc(OCc3c(Cl)ccc(S(=O)(=O)N4CCC[C@H]4C(=O)N4CCN(C(=O)/C=C/c5ccc(C(=N)N)cc5)CC4)c3Cl)c2n1. The fourth-order valence-corrected chi connectivity index (χ4v) is 9.05. The van der Waals surface area contributed by atoms with E-state index < -0.39 is 16.1 Å². The molecule has 4 aromatic rings. The van der Waals surface area contributed by atoms with E-state index in [1.807, 2.05) is 32.0 Å². The number of pyridine rings is 1. The number of carbonyl (C=O) groups excluding carboxylic acids is 2. The Bertz CT molecular complexity index is 2150. The summed E-state index contributed by atoms with van der Waals surface area (Å²) in [5.41, 5.74) is 9.78. The molecule has 3 aromatic carbocycles. The second-order valence-corrected chi connectivity index (χ2v) is 15.3. The zero-order valence-electron chi connectivity index (χ0n) is 28.2. The van der Waals surface area contributed by atoms with E-state index in [-0.39, 0.29) is 58.8 Å². The molecule has 0 aliphatic carbocycles. The van der Waals surface area contributed by atoms with Gasteiger partial charge < -0.3 is 20.3 Å². The molecule has 0 spiro atoms. The molecule has 3 heterocycles. The van der Waals surface area contributed by atoms with Crippen molar-refractivity contribution >= 4 is 67.9 Å². The van der Waals surface area contributed by atoms with Crippen LogP contribution in [0.1, 0.15) is 40.8 Å². The molecule has 6 rings (SSSR count). The number of benzene rings is 3. The number of aromatic nitrogens is 1. The summed E-state index contributed by atoms with van der Waals surface area (Å²) >= 11 is 13.3. The van der Waals surface area contributed by atoms with Gasteiger partial charge in [-0.2, -0.15) is 4.31 Å². The molecule has 266 valence electrons. The average molecular weight is 750 g/mol. The number of nitrogens with two attached hydrogens (primary N) is 1. The molecule has 2 amide bonds. The van der Waals surface area contributed by atoms with E-state index in [0.29, 0.717) is 48.3 Å². The van der Waals surface area contributed by atoms with Crippen molar-refractivity contribution in [2.24, 2.45) is 5.73 Å². The van der Waals surface area contributed by atoms with Crippen molar-refractivity contribution in [1.82, 2.24) is 19.1 Å². The molecule has 2 fully saturated rings. The summed E-state index contributed by atoms with van der Waals surface area (Å²) in [6.45, 7) is 5.16. The molecule has 0 unspecified atom stereocenters. The van der Waals surface area contributed by atoms with Crippen LogP contribution in [-0.2, 0) is 26.2 Å². The van der Waals surface area contributed by atoms with E-state index in [9.17, 15) is 18.0 Å². The van der Waals surface area contributed by atoms with Crippen molar-refractivity contribution in [2.75, 3.05) is 32.7 Å². The van der Waals surface area contributed by atoms with Crippen LogP contribution in [0.4, 0.5) is 0 Å².